The lowest BCUT2D eigenvalue weighted by Crippen LogP contribution is -2.15. The highest BCUT2D eigenvalue weighted by Crippen LogP contribution is 2.15. The van der Waals surface area contributed by atoms with Crippen molar-refractivity contribution in [1.29, 1.82) is 0 Å². The van der Waals surface area contributed by atoms with Gasteiger partial charge in [0.1, 0.15) is 0 Å². The van der Waals surface area contributed by atoms with Gasteiger partial charge in [-0.2, -0.15) is 0 Å². The average molecular weight is 298 g/mol. The first-order valence-electron chi connectivity index (χ1n) is 6.98. The van der Waals surface area contributed by atoms with Crippen molar-refractivity contribution < 1.29 is 14.3 Å². The van der Waals surface area contributed by atoms with Crippen LogP contribution in [-0.2, 0) is 16.0 Å². The van der Waals surface area contributed by atoms with Gasteiger partial charge in [0.05, 0.1) is 13.0 Å². The second-order valence-electron chi connectivity index (χ2n) is 5.02. The molecule has 1 heterocycles. The van der Waals surface area contributed by atoms with E-state index in [2.05, 4.69) is 10.3 Å². The van der Waals surface area contributed by atoms with E-state index in [1.807, 2.05) is 31.2 Å². The normalized spacial score (nSPS) is 11.5. The van der Waals surface area contributed by atoms with Gasteiger partial charge in [-0.3, -0.25) is 14.6 Å². The monoisotopic (exact) mass is 298 g/mol. The Morgan fingerprint density at radius 1 is 1.14 bits per heavy atom. The topological polar surface area (TPSA) is 68.3 Å². The van der Waals surface area contributed by atoms with Crippen molar-refractivity contribution >= 4 is 17.6 Å². The van der Waals surface area contributed by atoms with E-state index >= 15 is 0 Å². The second-order valence-corrected chi connectivity index (χ2v) is 5.02. The Bertz CT molecular complexity index is 639. The molecule has 2 aromatic rings. The van der Waals surface area contributed by atoms with Gasteiger partial charge in [0.25, 0.3) is 5.91 Å². The summed E-state index contributed by atoms with van der Waals surface area (Å²) in [4.78, 5) is 27.3. The first-order valence-corrected chi connectivity index (χ1v) is 6.98. The Hall–Kier alpha value is -2.69. The van der Waals surface area contributed by atoms with Crippen LogP contribution in [0.15, 0.2) is 48.8 Å². The molecule has 0 saturated heterocycles. The third-order valence-corrected chi connectivity index (χ3v) is 3.30. The number of nitrogens with zero attached hydrogens (tertiary/aromatic N) is 1. The Kier molecular flexibility index (Phi) is 5.25. The van der Waals surface area contributed by atoms with E-state index in [9.17, 15) is 9.59 Å². The van der Waals surface area contributed by atoms with Crippen LogP contribution in [0.3, 0.4) is 0 Å². The van der Waals surface area contributed by atoms with E-state index < -0.39 is 0 Å². The number of hydrogen-bond acceptors (Lipinski definition) is 4. The molecule has 0 bridgehead atoms. The summed E-state index contributed by atoms with van der Waals surface area (Å²) in [5, 5.41) is 2.81. The summed E-state index contributed by atoms with van der Waals surface area (Å²) in [6.45, 7) is 1.82. The van der Waals surface area contributed by atoms with Crippen LogP contribution >= 0.6 is 0 Å². The average Bonchev–Trinajstić information content (AvgIpc) is 2.56. The van der Waals surface area contributed by atoms with Crippen molar-refractivity contribution in [1.82, 2.24) is 4.98 Å². The number of pyridine rings is 1. The maximum absolute atomic E-state index is 12.0. The number of esters is 1. The quantitative estimate of drug-likeness (QED) is 0.862. The van der Waals surface area contributed by atoms with Crippen LogP contribution in [0.25, 0.3) is 0 Å². The van der Waals surface area contributed by atoms with Gasteiger partial charge in [-0.15, -0.1) is 0 Å². The molecule has 1 aromatic carbocycles. The zero-order valence-electron chi connectivity index (χ0n) is 12.6. The molecular weight excluding hydrogens is 280 g/mol. The number of ether oxygens (including phenoxy) is 1. The predicted molar refractivity (Wildman–Crippen MR) is 83.5 cm³/mol. The lowest BCUT2D eigenvalue weighted by atomic mass is 10.0. The first-order chi connectivity index (χ1) is 10.6. The smallest absolute Gasteiger partial charge is 0.308 e. The van der Waals surface area contributed by atoms with Crippen LogP contribution in [-0.4, -0.2) is 24.0 Å². The molecule has 0 aliphatic heterocycles. The molecule has 0 saturated carbocycles. The molecule has 22 heavy (non-hydrogen) atoms. The maximum Gasteiger partial charge on any atom is 0.308 e. The number of carbonyl (C=O) groups is 2. The van der Waals surface area contributed by atoms with Crippen molar-refractivity contribution in [3.63, 3.8) is 0 Å². The lowest BCUT2D eigenvalue weighted by Gasteiger charge is -2.10. The van der Waals surface area contributed by atoms with Gasteiger partial charge in [0.15, 0.2) is 0 Å². The fourth-order valence-corrected chi connectivity index (χ4v) is 2.07. The van der Waals surface area contributed by atoms with E-state index in [0.717, 1.165) is 5.56 Å². The number of methoxy groups -OCH3 is 1. The van der Waals surface area contributed by atoms with Gasteiger partial charge in [-0.1, -0.05) is 19.1 Å². The van der Waals surface area contributed by atoms with E-state index in [1.165, 1.54) is 7.11 Å². The standard InChI is InChI=1S/C17H18N2O3/c1-12(17(21)22-2)11-13-3-5-15(6-4-13)19-16(20)14-7-9-18-10-8-14/h3-10,12H,11H2,1-2H3,(H,19,20)/t12-/m1/s1. The van der Waals surface area contributed by atoms with E-state index in [0.29, 0.717) is 17.7 Å². The highest BCUT2D eigenvalue weighted by atomic mass is 16.5. The summed E-state index contributed by atoms with van der Waals surface area (Å²) in [6, 6.07) is 10.7. The van der Waals surface area contributed by atoms with Crippen molar-refractivity contribution in [3.8, 4) is 0 Å². The number of anilines is 1. The lowest BCUT2D eigenvalue weighted by molar-refractivity contribution is -0.144. The number of hydrogen-bond donors (Lipinski definition) is 1. The van der Waals surface area contributed by atoms with Crippen molar-refractivity contribution in [3.05, 3.63) is 59.9 Å². The summed E-state index contributed by atoms with van der Waals surface area (Å²) in [5.74, 6) is -0.601. The molecule has 1 aromatic heterocycles. The molecule has 0 radical (unpaired) electrons. The van der Waals surface area contributed by atoms with Gasteiger partial charge < -0.3 is 10.1 Å². The van der Waals surface area contributed by atoms with E-state index in [1.54, 1.807) is 24.5 Å². The number of benzene rings is 1. The Balaban J connectivity index is 1.97. The minimum Gasteiger partial charge on any atom is -0.469 e. The van der Waals surface area contributed by atoms with Crippen LogP contribution < -0.4 is 5.32 Å². The molecule has 1 amide bonds. The summed E-state index contributed by atoms with van der Waals surface area (Å²) in [6.07, 6.45) is 3.75. The molecule has 5 nitrogen and oxygen atoms in total. The van der Waals surface area contributed by atoms with Crippen molar-refractivity contribution in [2.24, 2.45) is 5.92 Å². The molecule has 0 unspecified atom stereocenters. The largest absolute Gasteiger partial charge is 0.469 e. The molecule has 0 fully saturated rings. The Labute approximate surface area is 129 Å². The van der Waals surface area contributed by atoms with Crippen molar-refractivity contribution in [2.45, 2.75) is 13.3 Å². The molecule has 2 rings (SSSR count). The first kappa shape index (κ1) is 15.7. The molecule has 114 valence electrons. The maximum atomic E-state index is 12.0. The van der Waals surface area contributed by atoms with Gasteiger partial charge >= 0.3 is 5.97 Å². The van der Waals surface area contributed by atoms with Crippen molar-refractivity contribution in [2.75, 3.05) is 12.4 Å². The molecule has 0 spiro atoms. The second kappa shape index (κ2) is 7.36. The van der Waals surface area contributed by atoms with Gasteiger partial charge in [-0.05, 0) is 36.2 Å². The minimum absolute atomic E-state index is 0.182. The number of carbonyl (C=O) groups excluding carboxylic acids is 2. The van der Waals surface area contributed by atoms with Gasteiger partial charge in [0.2, 0.25) is 0 Å². The fourth-order valence-electron chi connectivity index (χ4n) is 2.07. The summed E-state index contributed by atoms with van der Waals surface area (Å²) in [5.41, 5.74) is 2.27. The predicted octanol–water partition coefficient (Wildman–Crippen LogP) is 2.69. The van der Waals surface area contributed by atoms with E-state index in [4.69, 9.17) is 4.74 Å². The van der Waals surface area contributed by atoms with Crippen LogP contribution in [0.5, 0.6) is 0 Å². The third-order valence-electron chi connectivity index (χ3n) is 3.30. The zero-order chi connectivity index (χ0) is 15.9. The van der Waals surface area contributed by atoms with Crippen LogP contribution in [0.4, 0.5) is 5.69 Å². The van der Waals surface area contributed by atoms with Crippen LogP contribution in [0, 0.1) is 5.92 Å². The molecular formula is C17H18N2O3. The van der Waals surface area contributed by atoms with Crippen LogP contribution in [0.1, 0.15) is 22.8 Å². The molecule has 0 aliphatic rings. The third kappa shape index (κ3) is 4.15. The SMILES string of the molecule is COC(=O)[C@H](C)Cc1ccc(NC(=O)c2ccncc2)cc1. The number of rotatable bonds is 5. The summed E-state index contributed by atoms with van der Waals surface area (Å²) < 4.78 is 4.71. The summed E-state index contributed by atoms with van der Waals surface area (Å²) in [7, 11) is 1.39. The molecule has 5 heteroatoms. The molecule has 1 N–H and O–H groups in total. The minimum atomic E-state index is -0.227. The molecule has 0 aliphatic carbocycles. The van der Waals surface area contributed by atoms with E-state index in [-0.39, 0.29) is 17.8 Å². The highest BCUT2D eigenvalue weighted by molar-refractivity contribution is 6.04. The van der Waals surface area contributed by atoms with Crippen LogP contribution in [0.2, 0.25) is 0 Å². The Morgan fingerprint density at radius 3 is 2.36 bits per heavy atom. The van der Waals surface area contributed by atoms with Gasteiger partial charge in [-0.25, -0.2) is 0 Å². The number of aromatic nitrogens is 1. The summed E-state index contributed by atoms with van der Waals surface area (Å²) >= 11 is 0. The fraction of sp³-hybridized carbons (Fsp3) is 0.235. The molecule has 1 atom stereocenters. The number of amides is 1. The highest BCUT2D eigenvalue weighted by Gasteiger charge is 2.13. The Morgan fingerprint density at radius 2 is 1.77 bits per heavy atom. The van der Waals surface area contributed by atoms with Gasteiger partial charge in [0, 0.05) is 23.6 Å². The zero-order valence-corrected chi connectivity index (χ0v) is 12.6. The number of nitrogens with one attached hydrogen (secondary N) is 1.